The van der Waals surface area contributed by atoms with Crippen LogP contribution in [0.25, 0.3) is 0 Å². The number of hydrogen-bond acceptors (Lipinski definition) is 4. The van der Waals surface area contributed by atoms with E-state index in [9.17, 15) is 14.7 Å². The summed E-state index contributed by atoms with van der Waals surface area (Å²) >= 11 is 0. The standard InChI is InChI=1S/C14H15N3O3.Na/c1-3-13(19)15-10-4-6-11(7-5-10)17-14(20)12(8-18)9(2)16-17;/h4-8,18H,3H2,1-2H3,(H,15,19);/q;+1/p-1/b12-8-;. The van der Waals surface area contributed by atoms with Gasteiger partial charge in [0.25, 0.3) is 5.91 Å². The minimum absolute atomic E-state index is 0. The van der Waals surface area contributed by atoms with Gasteiger partial charge in [-0.1, -0.05) is 6.92 Å². The van der Waals surface area contributed by atoms with Gasteiger partial charge in [0.1, 0.15) is 0 Å². The van der Waals surface area contributed by atoms with Gasteiger partial charge in [-0.05, 0) is 31.2 Å². The van der Waals surface area contributed by atoms with Crippen LogP contribution in [0.3, 0.4) is 0 Å². The molecule has 1 aromatic rings. The van der Waals surface area contributed by atoms with Gasteiger partial charge in [0.05, 0.1) is 11.4 Å². The number of hydrogen-bond donors (Lipinski definition) is 1. The van der Waals surface area contributed by atoms with Crippen molar-refractivity contribution < 1.29 is 44.3 Å². The van der Waals surface area contributed by atoms with Crippen LogP contribution in [0.1, 0.15) is 20.3 Å². The van der Waals surface area contributed by atoms with Crippen molar-refractivity contribution in [3.8, 4) is 0 Å². The molecule has 2 amide bonds. The zero-order valence-corrected chi connectivity index (χ0v) is 14.2. The number of carbonyl (C=O) groups excluding carboxylic acids is 2. The number of amides is 2. The molecular weight excluding hydrogens is 281 g/mol. The summed E-state index contributed by atoms with van der Waals surface area (Å²) in [6.07, 6.45) is 0.907. The quantitative estimate of drug-likeness (QED) is 0.398. The normalized spacial score (nSPS) is 15.7. The Balaban J connectivity index is 0.00000220. The largest absolute Gasteiger partial charge is 1.00 e. The maximum Gasteiger partial charge on any atom is 1.00 e. The number of carbonyl (C=O) groups is 2. The van der Waals surface area contributed by atoms with Crippen LogP contribution in [0.5, 0.6) is 0 Å². The van der Waals surface area contributed by atoms with Crippen LogP contribution in [0.15, 0.2) is 41.2 Å². The average Bonchev–Trinajstić information content (AvgIpc) is 2.74. The molecule has 1 heterocycles. The fourth-order valence-corrected chi connectivity index (χ4v) is 1.76. The van der Waals surface area contributed by atoms with Crippen molar-refractivity contribution in [3.63, 3.8) is 0 Å². The van der Waals surface area contributed by atoms with E-state index in [1.165, 1.54) is 5.01 Å². The molecule has 0 atom stereocenters. The zero-order valence-electron chi connectivity index (χ0n) is 12.2. The molecule has 21 heavy (non-hydrogen) atoms. The second-order valence-electron chi connectivity index (χ2n) is 4.28. The minimum atomic E-state index is -0.442. The molecule has 7 heteroatoms. The Labute approximate surface area is 144 Å². The number of nitrogens with zero attached hydrogens (tertiary/aromatic N) is 2. The first-order valence-corrected chi connectivity index (χ1v) is 6.19. The fourth-order valence-electron chi connectivity index (χ4n) is 1.76. The van der Waals surface area contributed by atoms with E-state index in [1.54, 1.807) is 38.1 Å². The number of rotatable bonds is 3. The summed E-state index contributed by atoms with van der Waals surface area (Å²) in [5, 5.41) is 18.7. The van der Waals surface area contributed by atoms with E-state index in [0.29, 0.717) is 29.8 Å². The summed E-state index contributed by atoms with van der Waals surface area (Å²) in [6.45, 7) is 3.37. The SMILES string of the molecule is CCC(=O)Nc1ccc(N2N=C(C)/C(=C/[O-])C2=O)cc1.[Na+]. The molecule has 0 spiro atoms. The molecule has 0 radical (unpaired) electrons. The molecule has 0 unspecified atom stereocenters. The van der Waals surface area contributed by atoms with Crippen LogP contribution in [-0.4, -0.2) is 17.5 Å². The van der Waals surface area contributed by atoms with E-state index >= 15 is 0 Å². The number of anilines is 2. The molecule has 1 aliphatic heterocycles. The first kappa shape index (κ1) is 17.4. The number of benzene rings is 1. The summed E-state index contributed by atoms with van der Waals surface area (Å²) in [6, 6.07) is 6.68. The molecule has 6 nitrogen and oxygen atoms in total. The zero-order chi connectivity index (χ0) is 14.7. The average molecular weight is 295 g/mol. The molecule has 1 aromatic carbocycles. The van der Waals surface area contributed by atoms with Gasteiger partial charge < -0.3 is 10.4 Å². The Morgan fingerprint density at radius 3 is 2.48 bits per heavy atom. The van der Waals surface area contributed by atoms with Gasteiger partial charge in [0, 0.05) is 17.7 Å². The van der Waals surface area contributed by atoms with E-state index in [4.69, 9.17) is 0 Å². The van der Waals surface area contributed by atoms with Crippen LogP contribution in [0.4, 0.5) is 11.4 Å². The Hall–Kier alpha value is -1.63. The predicted octanol–water partition coefficient (Wildman–Crippen LogP) is -1.99. The van der Waals surface area contributed by atoms with Crippen molar-refractivity contribution in [1.82, 2.24) is 0 Å². The van der Waals surface area contributed by atoms with Gasteiger partial charge in [-0.25, -0.2) is 0 Å². The third kappa shape index (κ3) is 3.72. The molecular formula is C14H14N3NaO3. The molecule has 1 N–H and O–H groups in total. The van der Waals surface area contributed by atoms with E-state index in [2.05, 4.69) is 10.4 Å². The van der Waals surface area contributed by atoms with Crippen molar-refractivity contribution in [2.45, 2.75) is 20.3 Å². The molecule has 1 aliphatic rings. The number of nitrogens with one attached hydrogen (secondary N) is 1. The summed E-state index contributed by atoms with van der Waals surface area (Å²) in [5.74, 6) is -0.525. The van der Waals surface area contributed by atoms with Crippen LogP contribution in [-0.2, 0) is 9.59 Å². The maximum atomic E-state index is 11.9. The third-order valence-corrected chi connectivity index (χ3v) is 2.90. The smallest absolute Gasteiger partial charge is 0.877 e. The van der Waals surface area contributed by atoms with Gasteiger partial charge in [-0.3, -0.25) is 9.59 Å². The molecule has 2 rings (SSSR count). The summed E-state index contributed by atoms with van der Waals surface area (Å²) in [7, 11) is 0. The van der Waals surface area contributed by atoms with Crippen molar-refractivity contribution >= 4 is 28.9 Å². The van der Waals surface area contributed by atoms with Gasteiger partial charge in [-0.2, -0.15) is 10.1 Å². The Bertz CT molecular complexity index is 608. The third-order valence-electron chi connectivity index (χ3n) is 2.90. The molecule has 0 fully saturated rings. The van der Waals surface area contributed by atoms with E-state index < -0.39 is 5.91 Å². The summed E-state index contributed by atoms with van der Waals surface area (Å²) in [4.78, 5) is 23.2. The van der Waals surface area contributed by atoms with Crippen LogP contribution in [0.2, 0.25) is 0 Å². The summed E-state index contributed by atoms with van der Waals surface area (Å²) < 4.78 is 0. The second kappa shape index (κ2) is 7.40. The maximum absolute atomic E-state index is 11.9. The van der Waals surface area contributed by atoms with Crippen LogP contribution < -0.4 is 45.0 Å². The molecule has 0 bridgehead atoms. The molecule has 104 valence electrons. The number of hydrazone groups is 1. The van der Waals surface area contributed by atoms with Crippen molar-refractivity contribution in [2.75, 3.05) is 10.3 Å². The van der Waals surface area contributed by atoms with E-state index in [-0.39, 0.29) is 41.0 Å². The first-order chi connectivity index (χ1) is 9.56. The Kier molecular flexibility index (Phi) is 6.14. The molecule has 0 saturated carbocycles. The molecule has 0 saturated heterocycles. The second-order valence-corrected chi connectivity index (χ2v) is 4.28. The molecule has 0 aromatic heterocycles. The predicted molar refractivity (Wildman–Crippen MR) is 74.0 cm³/mol. The van der Waals surface area contributed by atoms with Gasteiger partial charge >= 0.3 is 29.6 Å². The van der Waals surface area contributed by atoms with Gasteiger partial charge in [0.15, 0.2) is 0 Å². The van der Waals surface area contributed by atoms with Gasteiger partial charge in [0.2, 0.25) is 5.91 Å². The van der Waals surface area contributed by atoms with Crippen LogP contribution >= 0.6 is 0 Å². The Morgan fingerprint density at radius 1 is 1.38 bits per heavy atom. The van der Waals surface area contributed by atoms with Crippen molar-refractivity contribution in [3.05, 3.63) is 36.1 Å². The van der Waals surface area contributed by atoms with Gasteiger partial charge in [-0.15, -0.1) is 6.26 Å². The van der Waals surface area contributed by atoms with Crippen molar-refractivity contribution in [1.29, 1.82) is 0 Å². The van der Waals surface area contributed by atoms with E-state index in [0.717, 1.165) is 0 Å². The van der Waals surface area contributed by atoms with E-state index in [1.807, 2.05) is 0 Å². The Morgan fingerprint density at radius 2 is 2.00 bits per heavy atom. The minimum Gasteiger partial charge on any atom is -0.877 e. The fraction of sp³-hybridized carbons (Fsp3) is 0.214. The van der Waals surface area contributed by atoms with Crippen LogP contribution in [0, 0.1) is 0 Å². The summed E-state index contributed by atoms with van der Waals surface area (Å²) in [5.41, 5.74) is 1.65. The first-order valence-electron chi connectivity index (χ1n) is 6.19. The topological polar surface area (TPSA) is 84.8 Å². The monoisotopic (exact) mass is 295 g/mol. The molecule has 0 aliphatic carbocycles. The van der Waals surface area contributed by atoms with Crippen molar-refractivity contribution in [2.24, 2.45) is 5.10 Å².